The van der Waals surface area contributed by atoms with Gasteiger partial charge in [-0.05, 0) is 41.1 Å². The number of aromatic nitrogens is 2. The fraction of sp³-hybridized carbons (Fsp3) is 0.200. The summed E-state index contributed by atoms with van der Waals surface area (Å²) >= 11 is 1.83. The van der Waals surface area contributed by atoms with Crippen molar-refractivity contribution in [3.63, 3.8) is 0 Å². The van der Waals surface area contributed by atoms with Crippen molar-refractivity contribution in [3.05, 3.63) is 72.3 Å². The first kappa shape index (κ1) is 15.2. The number of aromatic amines is 1. The van der Waals surface area contributed by atoms with Gasteiger partial charge in [0.25, 0.3) is 0 Å². The normalized spacial score (nSPS) is 17.1. The number of hydrogen-bond donors (Lipinski definition) is 1. The van der Waals surface area contributed by atoms with Crippen molar-refractivity contribution in [1.82, 2.24) is 9.97 Å². The van der Waals surface area contributed by atoms with Gasteiger partial charge in [0.2, 0.25) is 0 Å². The van der Waals surface area contributed by atoms with Gasteiger partial charge in [-0.3, -0.25) is 9.98 Å². The van der Waals surface area contributed by atoms with Crippen LogP contribution in [0.5, 0.6) is 0 Å². The zero-order chi connectivity index (χ0) is 16.4. The standard InChI is InChI=1S/C20H19N3S/c1-2-17-18(15-7-5-9-21-11-15)12-22-20(17)24-13-16-10-14-6-3-4-8-19(14)23-16/h3-12,17,23H,2,13H2,1H3. The van der Waals surface area contributed by atoms with Gasteiger partial charge in [0, 0.05) is 41.5 Å². The number of pyridine rings is 1. The Kier molecular flexibility index (Phi) is 4.22. The SMILES string of the molecule is CCC1C(c2cccnc2)=CN=C1SCc1cc2ccccc2[nH]1. The van der Waals surface area contributed by atoms with E-state index in [0.717, 1.165) is 12.2 Å². The molecule has 4 heteroatoms. The molecule has 3 heterocycles. The topological polar surface area (TPSA) is 41.0 Å². The van der Waals surface area contributed by atoms with Crippen molar-refractivity contribution in [2.24, 2.45) is 10.9 Å². The van der Waals surface area contributed by atoms with Crippen molar-refractivity contribution in [2.45, 2.75) is 19.1 Å². The van der Waals surface area contributed by atoms with Crippen molar-refractivity contribution in [2.75, 3.05) is 0 Å². The predicted octanol–water partition coefficient (Wildman–Crippen LogP) is 5.28. The van der Waals surface area contributed by atoms with Gasteiger partial charge in [-0.25, -0.2) is 0 Å². The molecule has 120 valence electrons. The van der Waals surface area contributed by atoms with E-state index in [1.54, 1.807) is 0 Å². The first-order valence-corrected chi connectivity index (χ1v) is 9.21. The second-order valence-electron chi connectivity index (χ2n) is 5.92. The molecule has 1 aliphatic rings. The molecule has 0 spiro atoms. The Hall–Kier alpha value is -2.33. The Bertz CT molecular complexity index is 876. The molecule has 0 saturated carbocycles. The van der Waals surface area contributed by atoms with E-state index >= 15 is 0 Å². The highest BCUT2D eigenvalue weighted by molar-refractivity contribution is 8.13. The lowest BCUT2D eigenvalue weighted by Gasteiger charge is -2.15. The summed E-state index contributed by atoms with van der Waals surface area (Å²) in [7, 11) is 0. The van der Waals surface area contributed by atoms with Gasteiger partial charge in [-0.1, -0.05) is 31.2 Å². The summed E-state index contributed by atoms with van der Waals surface area (Å²) in [5, 5.41) is 2.47. The molecular formula is C20H19N3S. The first-order chi connectivity index (χ1) is 11.8. The molecule has 0 aliphatic carbocycles. The largest absolute Gasteiger partial charge is 0.358 e. The Morgan fingerprint density at radius 2 is 2.08 bits per heavy atom. The zero-order valence-corrected chi connectivity index (χ0v) is 14.4. The number of hydrogen-bond acceptors (Lipinski definition) is 3. The number of fused-ring (bicyclic) bond motifs is 1. The highest BCUT2D eigenvalue weighted by atomic mass is 32.2. The summed E-state index contributed by atoms with van der Waals surface area (Å²) in [5.74, 6) is 1.29. The number of benzene rings is 1. The highest BCUT2D eigenvalue weighted by Gasteiger charge is 2.25. The Labute approximate surface area is 145 Å². The van der Waals surface area contributed by atoms with Gasteiger partial charge < -0.3 is 4.98 Å². The second kappa shape index (κ2) is 6.65. The second-order valence-corrected chi connectivity index (χ2v) is 6.92. The average molecular weight is 333 g/mol. The third-order valence-electron chi connectivity index (χ3n) is 4.37. The van der Waals surface area contributed by atoms with E-state index in [1.807, 2.05) is 36.4 Å². The van der Waals surface area contributed by atoms with Crippen LogP contribution in [-0.4, -0.2) is 15.0 Å². The smallest absolute Gasteiger partial charge is 0.0810 e. The molecule has 1 atom stereocenters. The number of allylic oxidation sites excluding steroid dienone is 1. The third kappa shape index (κ3) is 2.89. The van der Waals surface area contributed by atoms with Gasteiger partial charge in [0.05, 0.1) is 5.04 Å². The molecule has 4 rings (SSSR count). The predicted molar refractivity (Wildman–Crippen MR) is 103 cm³/mol. The average Bonchev–Trinajstić information content (AvgIpc) is 3.23. The zero-order valence-electron chi connectivity index (χ0n) is 13.6. The Morgan fingerprint density at radius 1 is 1.17 bits per heavy atom. The molecular weight excluding hydrogens is 314 g/mol. The number of thioether (sulfide) groups is 1. The van der Waals surface area contributed by atoms with E-state index < -0.39 is 0 Å². The first-order valence-electron chi connectivity index (χ1n) is 8.22. The lowest BCUT2D eigenvalue weighted by Crippen LogP contribution is -2.09. The molecule has 0 saturated heterocycles. The van der Waals surface area contributed by atoms with E-state index in [0.29, 0.717) is 5.92 Å². The number of rotatable bonds is 4. The minimum absolute atomic E-state index is 0.378. The summed E-state index contributed by atoms with van der Waals surface area (Å²) in [6.07, 6.45) is 6.81. The molecule has 24 heavy (non-hydrogen) atoms. The van der Waals surface area contributed by atoms with Crippen LogP contribution in [0.4, 0.5) is 0 Å². The van der Waals surface area contributed by atoms with Crippen LogP contribution in [0.1, 0.15) is 24.6 Å². The lowest BCUT2D eigenvalue weighted by molar-refractivity contribution is 0.855. The summed E-state index contributed by atoms with van der Waals surface area (Å²) < 4.78 is 0. The van der Waals surface area contributed by atoms with Crippen LogP contribution in [0.3, 0.4) is 0 Å². The molecule has 1 aliphatic heterocycles. The fourth-order valence-corrected chi connectivity index (χ4v) is 4.23. The van der Waals surface area contributed by atoms with Gasteiger partial charge in [0.1, 0.15) is 0 Å². The van der Waals surface area contributed by atoms with E-state index in [-0.39, 0.29) is 0 Å². The van der Waals surface area contributed by atoms with Crippen LogP contribution >= 0.6 is 11.8 Å². The van der Waals surface area contributed by atoms with Crippen LogP contribution in [0, 0.1) is 5.92 Å². The van der Waals surface area contributed by atoms with Crippen molar-refractivity contribution < 1.29 is 0 Å². The summed E-state index contributed by atoms with van der Waals surface area (Å²) in [6.45, 7) is 2.22. The molecule has 2 aromatic heterocycles. The molecule has 0 fully saturated rings. The molecule has 1 N–H and O–H groups in total. The highest BCUT2D eigenvalue weighted by Crippen LogP contribution is 2.36. The Balaban J connectivity index is 1.47. The number of nitrogens with zero attached hydrogens (tertiary/aromatic N) is 2. The summed E-state index contributed by atoms with van der Waals surface area (Å²) in [4.78, 5) is 12.4. The summed E-state index contributed by atoms with van der Waals surface area (Å²) in [6, 6.07) is 14.7. The van der Waals surface area contributed by atoms with E-state index in [2.05, 4.69) is 53.3 Å². The van der Waals surface area contributed by atoms with Crippen LogP contribution in [0.2, 0.25) is 0 Å². The van der Waals surface area contributed by atoms with E-state index in [4.69, 9.17) is 4.99 Å². The minimum Gasteiger partial charge on any atom is -0.358 e. The third-order valence-corrected chi connectivity index (χ3v) is 5.51. The van der Waals surface area contributed by atoms with Gasteiger partial charge >= 0.3 is 0 Å². The molecule has 0 amide bonds. The molecule has 1 unspecified atom stereocenters. The quantitative estimate of drug-likeness (QED) is 0.706. The molecule has 0 bridgehead atoms. The van der Waals surface area contributed by atoms with E-state index in [1.165, 1.54) is 32.8 Å². The molecule has 3 aromatic rings. The van der Waals surface area contributed by atoms with Gasteiger partial charge in [-0.2, -0.15) is 0 Å². The van der Waals surface area contributed by atoms with E-state index in [9.17, 15) is 0 Å². The van der Waals surface area contributed by atoms with Crippen LogP contribution in [-0.2, 0) is 5.75 Å². The summed E-state index contributed by atoms with van der Waals surface area (Å²) in [5.41, 5.74) is 4.90. The van der Waals surface area contributed by atoms with Gasteiger partial charge in [-0.15, -0.1) is 11.8 Å². The van der Waals surface area contributed by atoms with Crippen molar-refractivity contribution in [3.8, 4) is 0 Å². The molecule has 0 radical (unpaired) electrons. The Morgan fingerprint density at radius 3 is 2.88 bits per heavy atom. The van der Waals surface area contributed by atoms with Crippen LogP contribution in [0.25, 0.3) is 16.5 Å². The van der Waals surface area contributed by atoms with Gasteiger partial charge in [0.15, 0.2) is 0 Å². The number of nitrogens with one attached hydrogen (secondary N) is 1. The molecule has 3 nitrogen and oxygen atoms in total. The number of aliphatic imine (C=N–C) groups is 1. The number of H-pyrrole nitrogens is 1. The maximum Gasteiger partial charge on any atom is 0.0810 e. The maximum absolute atomic E-state index is 4.69. The maximum atomic E-state index is 4.69. The monoisotopic (exact) mass is 333 g/mol. The fourth-order valence-electron chi connectivity index (χ4n) is 3.15. The van der Waals surface area contributed by atoms with Crippen LogP contribution in [0.15, 0.2) is 66.1 Å². The minimum atomic E-state index is 0.378. The lowest BCUT2D eigenvalue weighted by atomic mass is 9.94. The van der Waals surface area contributed by atoms with Crippen LogP contribution < -0.4 is 0 Å². The number of para-hydroxylation sites is 1. The van der Waals surface area contributed by atoms with Crippen molar-refractivity contribution >= 4 is 33.3 Å². The molecule has 1 aromatic carbocycles. The van der Waals surface area contributed by atoms with Crippen molar-refractivity contribution in [1.29, 1.82) is 0 Å².